The van der Waals surface area contributed by atoms with Gasteiger partial charge >= 0.3 is 0 Å². The topological polar surface area (TPSA) is 85.2 Å². The largest absolute Gasteiger partial charge is 0.496 e. The first-order valence-corrected chi connectivity index (χ1v) is 12.0. The highest BCUT2D eigenvalue weighted by Gasteiger charge is 2.09. The molecule has 186 valence electrons. The number of hydrogen-bond donors (Lipinski definition) is 2. The molecule has 7 heteroatoms. The van der Waals surface area contributed by atoms with Crippen molar-refractivity contribution in [2.45, 2.75) is 19.8 Å². The number of pyridine rings is 1. The third kappa shape index (κ3) is 5.79. The summed E-state index contributed by atoms with van der Waals surface area (Å²) in [6, 6.07) is 21.6. The van der Waals surface area contributed by atoms with Crippen LogP contribution in [-0.4, -0.2) is 32.0 Å². The van der Waals surface area contributed by atoms with Crippen molar-refractivity contribution < 1.29 is 14.6 Å². The van der Waals surface area contributed by atoms with Gasteiger partial charge in [0.15, 0.2) is 0 Å². The van der Waals surface area contributed by atoms with Gasteiger partial charge in [-0.1, -0.05) is 24.3 Å². The zero-order valence-electron chi connectivity index (χ0n) is 20.7. The molecule has 0 saturated carbocycles. The van der Waals surface area contributed by atoms with Gasteiger partial charge in [0.05, 0.1) is 24.2 Å². The minimum absolute atomic E-state index is 0.377. The third-order valence-electron chi connectivity index (χ3n) is 5.91. The number of aromatic amines is 1. The minimum Gasteiger partial charge on any atom is -0.496 e. The Hall–Kier alpha value is -4.62. The highest BCUT2D eigenvalue weighted by Crippen LogP contribution is 2.27. The van der Waals surface area contributed by atoms with Crippen LogP contribution in [0.25, 0.3) is 35.2 Å². The molecule has 3 aromatic heterocycles. The highest BCUT2D eigenvalue weighted by atomic mass is 16.5. The second-order valence-corrected chi connectivity index (χ2v) is 8.58. The molecule has 0 fully saturated rings. The van der Waals surface area contributed by atoms with E-state index in [9.17, 15) is 5.11 Å². The van der Waals surface area contributed by atoms with E-state index < -0.39 is 6.23 Å². The van der Waals surface area contributed by atoms with Gasteiger partial charge in [-0.25, -0.2) is 4.68 Å². The van der Waals surface area contributed by atoms with Crippen LogP contribution in [0.5, 0.6) is 11.5 Å². The van der Waals surface area contributed by atoms with Gasteiger partial charge < -0.3 is 19.6 Å². The van der Waals surface area contributed by atoms with Crippen molar-refractivity contribution in [1.29, 1.82) is 0 Å². The van der Waals surface area contributed by atoms with E-state index in [1.165, 1.54) is 5.39 Å². The van der Waals surface area contributed by atoms with Crippen molar-refractivity contribution in [1.82, 2.24) is 19.7 Å². The number of fused-ring (bicyclic) bond motifs is 1. The first-order valence-electron chi connectivity index (χ1n) is 12.0. The molecule has 5 aromatic rings. The van der Waals surface area contributed by atoms with Crippen LogP contribution in [0.15, 0.2) is 79.1 Å². The number of rotatable bonds is 9. The number of H-pyrrole nitrogens is 1. The van der Waals surface area contributed by atoms with Gasteiger partial charge in [0.2, 0.25) is 0 Å². The molecule has 37 heavy (non-hydrogen) atoms. The lowest BCUT2D eigenvalue weighted by molar-refractivity contribution is 0.110. The first kappa shape index (κ1) is 24.1. The standard InChI is InChI=1S/C30H28N4O3/c1-21(35)34-27(18-25(33-34)11-7-22-6-8-23-14-16-32-29(23)17-22)12-9-24-10-13-28(19-30(24)36-2)37-20-26-5-3-4-15-31-26/h3-19,21,32,35H,20H2,1-2H3/b11-7+,12-9+. The lowest BCUT2D eigenvalue weighted by Gasteiger charge is -2.10. The van der Waals surface area contributed by atoms with Crippen LogP contribution in [0.1, 0.15) is 41.4 Å². The fraction of sp³-hybridized carbons (Fsp3) is 0.133. The number of ether oxygens (including phenoxy) is 2. The average molecular weight is 493 g/mol. The number of hydrogen-bond acceptors (Lipinski definition) is 5. The van der Waals surface area contributed by atoms with Gasteiger partial charge in [-0.3, -0.25) is 4.98 Å². The lowest BCUT2D eigenvalue weighted by Crippen LogP contribution is -2.07. The van der Waals surface area contributed by atoms with Gasteiger partial charge in [0.25, 0.3) is 0 Å². The predicted molar refractivity (Wildman–Crippen MR) is 147 cm³/mol. The maximum absolute atomic E-state index is 10.3. The molecule has 7 nitrogen and oxygen atoms in total. The van der Waals surface area contributed by atoms with Gasteiger partial charge in [0.1, 0.15) is 24.3 Å². The van der Waals surface area contributed by atoms with E-state index in [-0.39, 0.29) is 0 Å². The molecule has 0 bridgehead atoms. The Balaban J connectivity index is 1.33. The van der Waals surface area contributed by atoms with Gasteiger partial charge in [-0.15, -0.1) is 0 Å². The molecule has 0 aliphatic heterocycles. The van der Waals surface area contributed by atoms with Crippen molar-refractivity contribution in [3.05, 3.63) is 107 Å². The Morgan fingerprint density at radius 3 is 2.73 bits per heavy atom. The van der Waals surface area contributed by atoms with Crippen molar-refractivity contribution in [3.8, 4) is 11.5 Å². The Bertz CT molecular complexity index is 1550. The molecule has 0 saturated heterocycles. The number of benzene rings is 2. The summed E-state index contributed by atoms with van der Waals surface area (Å²) >= 11 is 0. The molecule has 3 heterocycles. The van der Waals surface area contributed by atoms with Crippen LogP contribution in [-0.2, 0) is 6.61 Å². The number of aliphatic hydroxyl groups is 1. The number of methoxy groups -OCH3 is 1. The summed E-state index contributed by atoms with van der Waals surface area (Å²) < 4.78 is 13.0. The van der Waals surface area contributed by atoms with Crippen molar-refractivity contribution in [3.63, 3.8) is 0 Å². The lowest BCUT2D eigenvalue weighted by atomic mass is 10.1. The zero-order chi connectivity index (χ0) is 25.6. The molecule has 2 aromatic carbocycles. The average Bonchev–Trinajstić information content (AvgIpc) is 3.57. The summed E-state index contributed by atoms with van der Waals surface area (Å²) in [7, 11) is 1.63. The fourth-order valence-electron chi connectivity index (χ4n) is 4.02. The highest BCUT2D eigenvalue weighted by molar-refractivity contribution is 5.83. The van der Waals surface area contributed by atoms with Gasteiger partial charge in [0, 0.05) is 29.5 Å². The van der Waals surface area contributed by atoms with E-state index >= 15 is 0 Å². The first-order chi connectivity index (χ1) is 18.1. The van der Waals surface area contributed by atoms with Crippen LogP contribution in [0, 0.1) is 0 Å². The van der Waals surface area contributed by atoms with Crippen molar-refractivity contribution in [2.24, 2.45) is 0 Å². The third-order valence-corrected chi connectivity index (χ3v) is 5.91. The SMILES string of the molecule is COc1cc(OCc2ccccn2)ccc1/C=C/c1cc(/C=C/c2ccc3cc[nH]c3c2)nn1C(C)O. The normalized spacial score (nSPS) is 12.5. The number of nitrogens with zero attached hydrogens (tertiary/aromatic N) is 3. The molecule has 2 N–H and O–H groups in total. The van der Waals surface area contributed by atoms with Crippen LogP contribution >= 0.6 is 0 Å². The monoisotopic (exact) mass is 492 g/mol. The van der Waals surface area contributed by atoms with Crippen LogP contribution < -0.4 is 9.47 Å². The van der Waals surface area contributed by atoms with E-state index in [0.29, 0.717) is 18.1 Å². The second kappa shape index (κ2) is 11.0. The van der Waals surface area contributed by atoms with Crippen LogP contribution in [0.2, 0.25) is 0 Å². The molecule has 0 aliphatic carbocycles. The number of aromatic nitrogens is 4. The van der Waals surface area contributed by atoms with E-state index in [4.69, 9.17) is 9.47 Å². The van der Waals surface area contributed by atoms with E-state index in [2.05, 4.69) is 33.3 Å². The fourth-order valence-corrected chi connectivity index (χ4v) is 4.02. The minimum atomic E-state index is -0.777. The maximum atomic E-state index is 10.3. The molecular formula is C30H28N4O3. The molecular weight excluding hydrogens is 464 g/mol. The summed E-state index contributed by atoms with van der Waals surface area (Å²) in [5.74, 6) is 1.37. The zero-order valence-corrected chi connectivity index (χ0v) is 20.7. The van der Waals surface area contributed by atoms with E-state index in [1.807, 2.05) is 79.0 Å². The predicted octanol–water partition coefficient (Wildman–Crippen LogP) is 6.20. The maximum Gasteiger partial charge on any atom is 0.144 e. The molecule has 1 unspecified atom stereocenters. The summed E-state index contributed by atoms with van der Waals surface area (Å²) in [5.41, 5.74) is 5.40. The van der Waals surface area contributed by atoms with Gasteiger partial charge in [-0.05, 0) is 78.6 Å². The number of aliphatic hydroxyl groups excluding tert-OH is 1. The Morgan fingerprint density at radius 2 is 1.92 bits per heavy atom. The second-order valence-electron chi connectivity index (χ2n) is 8.58. The molecule has 5 rings (SSSR count). The van der Waals surface area contributed by atoms with Gasteiger partial charge in [-0.2, -0.15) is 5.10 Å². The quantitative estimate of drug-likeness (QED) is 0.256. The summed E-state index contributed by atoms with van der Waals surface area (Å²) in [5, 5.41) is 16.0. The Kier molecular flexibility index (Phi) is 7.14. The van der Waals surface area contributed by atoms with Crippen molar-refractivity contribution in [2.75, 3.05) is 7.11 Å². The van der Waals surface area contributed by atoms with E-state index in [1.54, 1.807) is 24.9 Å². The Morgan fingerprint density at radius 1 is 1.00 bits per heavy atom. The number of nitrogens with one attached hydrogen (secondary N) is 1. The van der Waals surface area contributed by atoms with Crippen molar-refractivity contribution >= 4 is 35.2 Å². The summed E-state index contributed by atoms with van der Waals surface area (Å²) in [6.07, 6.45) is 10.7. The molecule has 0 radical (unpaired) electrons. The molecule has 0 spiro atoms. The van der Waals surface area contributed by atoms with Crippen LogP contribution in [0.4, 0.5) is 0 Å². The Labute approximate surface area is 215 Å². The molecule has 1 atom stereocenters. The molecule has 0 amide bonds. The molecule has 0 aliphatic rings. The smallest absolute Gasteiger partial charge is 0.144 e. The summed E-state index contributed by atoms with van der Waals surface area (Å²) in [4.78, 5) is 7.51. The van der Waals surface area contributed by atoms with E-state index in [0.717, 1.165) is 33.7 Å². The van der Waals surface area contributed by atoms with Crippen LogP contribution in [0.3, 0.4) is 0 Å². The summed E-state index contributed by atoms with van der Waals surface area (Å²) in [6.45, 7) is 2.06.